The van der Waals surface area contributed by atoms with Crippen LogP contribution in [-0.4, -0.2) is 10.3 Å². The number of aliphatic hydroxyl groups is 1. The van der Waals surface area contributed by atoms with Gasteiger partial charge >= 0.3 is 0 Å². The highest BCUT2D eigenvalue weighted by Crippen LogP contribution is 2.30. The van der Waals surface area contributed by atoms with Crippen molar-refractivity contribution in [1.82, 2.24) is 5.16 Å². The van der Waals surface area contributed by atoms with E-state index in [2.05, 4.69) is 21.1 Å². The Morgan fingerprint density at radius 1 is 1.47 bits per heavy atom. The average molecular weight is 289 g/mol. The van der Waals surface area contributed by atoms with E-state index < -0.39 is 0 Å². The molecule has 2 aromatic rings. The Kier molecular flexibility index (Phi) is 3.09. The van der Waals surface area contributed by atoms with Gasteiger partial charge in [0.25, 0.3) is 0 Å². The van der Waals surface area contributed by atoms with Gasteiger partial charge in [-0.15, -0.1) is 0 Å². The van der Waals surface area contributed by atoms with Crippen molar-refractivity contribution < 1.29 is 9.63 Å². The van der Waals surface area contributed by atoms with Gasteiger partial charge in [-0.05, 0) is 28.1 Å². The summed E-state index contributed by atoms with van der Waals surface area (Å²) in [5, 5.41) is 13.5. The van der Waals surface area contributed by atoms with Gasteiger partial charge in [0, 0.05) is 10.6 Å². The predicted octanol–water partition coefficient (Wildman–Crippen LogP) is 3.25. The Hall–Kier alpha value is -0.840. The van der Waals surface area contributed by atoms with Crippen molar-refractivity contribution in [2.75, 3.05) is 0 Å². The molecule has 5 heteroatoms. The maximum absolute atomic E-state index is 9.16. The maximum Gasteiger partial charge on any atom is 0.173 e. The molecule has 0 aliphatic rings. The van der Waals surface area contributed by atoms with Crippen LogP contribution in [0.3, 0.4) is 0 Å². The van der Waals surface area contributed by atoms with Crippen LogP contribution in [-0.2, 0) is 6.61 Å². The van der Waals surface area contributed by atoms with Crippen LogP contribution < -0.4 is 0 Å². The van der Waals surface area contributed by atoms with Crippen LogP contribution in [0, 0.1) is 0 Å². The van der Waals surface area contributed by atoms with Crippen molar-refractivity contribution >= 4 is 27.5 Å². The molecule has 78 valence electrons. The summed E-state index contributed by atoms with van der Waals surface area (Å²) in [7, 11) is 0. The second-order valence-electron chi connectivity index (χ2n) is 2.95. The number of hydrogen-bond donors (Lipinski definition) is 1. The third kappa shape index (κ3) is 2.07. The second-order valence-corrected chi connectivity index (χ2v) is 4.14. The summed E-state index contributed by atoms with van der Waals surface area (Å²) in [6, 6.07) is 7.19. The van der Waals surface area contributed by atoms with Gasteiger partial charge in [-0.25, -0.2) is 0 Å². The van der Waals surface area contributed by atoms with Crippen LogP contribution in [0.4, 0.5) is 0 Å². The molecule has 3 nitrogen and oxygen atoms in total. The van der Waals surface area contributed by atoms with E-state index in [-0.39, 0.29) is 6.61 Å². The lowest BCUT2D eigenvalue weighted by Gasteiger charge is -1.99. The summed E-state index contributed by atoms with van der Waals surface area (Å²) in [6.07, 6.45) is 0. The third-order valence-corrected chi connectivity index (χ3v) is 2.84. The summed E-state index contributed by atoms with van der Waals surface area (Å²) in [5.41, 5.74) is 1.42. The predicted molar refractivity (Wildman–Crippen MR) is 60.6 cm³/mol. The molecule has 1 heterocycles. The topological polar surface area (TPSA) is 46.3 Å². The molecule has 15 heavy (non-hydrogen) atoms. The Labute approximate surface area is 99.8 Å². The van der Waals surface area contributed by atoms with Gasteiger partial charge in [-0.1, -0.05) is 28.9 Å². The molecule has 0 aliphatic carbocycles. The Balaban J connectivity index is 2.54. The smallest absolute Gasteiger partial charge is 0.173 e. The first kappa shape index (κ1) is 10.7. The molecule has 0 aliphatic heterocycles. The number of hydrogen-bond acceptors (Lipinski definition) is 3. The van der Waals surface area contributed by atoms with Crippen LogP contribution in [0.25, 0.3) is 11.3 Å². The van der Waals surface area contributed by atoms with Crippen LogP contribution in [0.1, 0.15) is 5.56 Å². The van der Waals surface area contributed by atoms with E-state index in [1.165, 1.54) is 0 Å². The maximum atomic E-state index is 9.16. The van der Waals surface area contributed by atoms with Gasteiger partial charge in [0.1, 0.15) is 0 Å². The van der Waals surface area contributed by atoms with Crippen LogP contribution in [0.5, 0.6) is 0 Å². The summed E-state index contributed by atoms with van der Waals surface area (Å²) in [4.78, 5) is 0. The molecule has 1 aromatic carbocycles. The van der Waals surface area contributed by atoms with E-state index in [1.54, 1.807) is 12.1 Å². The summed E-state index contributed by atoms with van der Waals surface area (Å²) < 4.78 is 5.63. The van der Waals surface area contributed by atoms with Gasteiger partial charge in [-0.3, -0.25) is 0 Å². The first-order valence-electron chi connectivity index (χ1n) is 4.23. The Morgan fingerprint density at radius 2 is 2.27 bits per heavy atom. The van der Waals surface area contributed by atoms with Crippen LogP contribution in [0.15, 0.2) is 33.4 Å². The monoisotopic (exact) mass is 287 g/mol. The lowest BCUT2D eigenvalue weighted by Crippen LogP contribution is -1.85. The van der Waals surface area contributed by atoms with Crippen molar-refractivity contribution in [3.8, 4) is 11.3 Å². The van der Waals surface area contributed by atoms with E-state index in [4.69, 9.17) is 21.2 Å². The largest absolute Gasteiger partial charge is 0.391 e. The van der Waals surface area contributed by atoms with Gasteiger partial charge in [0.15, 0.2) is 10.4 Å². The standard InChI is InChI=1S/C10H7BrClNO2/c11-10-8(5-14)9(15-13-10)6-2-1-3-7(12)4-6/h1-4,14H,5H2. The molecule has 1 aromatic heterocycles. The quantitative estimate of drug-likeness (QED) is 0.922. The van der Waals surface area contributed by atoms with Crippen molar-refractivity contribution in [1.29, 1.82) is 0 Å². The van der Waals surface area contributed by atoms with E-state index in [0.717, 1.165) is 5.56 Å². The van der Waals surface area contributed by atoms with Gasteiger partial charge in [-0.2, -0.15) is 0 Å². The number of aromatic nitrogens is 1. The summed E-state index contributed by atoms with van der Waals surface area (Å²) in [5.74, 6) is 0.534. The third-order valence-electron chi connectivity index (χ3n) is 1.99. The Bertz CT molecular complexity index is 484. The molecule has 0 amide bonds. The lowest BCUT2D eigenvalue weighted by molar-refractivity contribution is 0.281. The van der Waals surface area contributed by atoms with Crippen LogP contribution in [0.2, 0.25) is 5.02 Å². The van der Waals surface area contributed by atoms with Gasteiger partial charge in [0.2, 0.25) is 0 Å². The fourth-order valence-electron chi connectivity index (χ4n) is 1.28. The molecular formula is C10H7BrClNO2. The minimum Gasteiger partial charge on any atom is -0.391 e. The minimum absolute atomic E-state index is 0.133. The summed E-state index contributed by atoms with van der Waals surface area (Å²) >= 11 is 9.06. The molecular weight excluding hydrogens is 281 g/mol. The highest BCUT2D eigenvalue weighted by atomic mass is 79.9. The van der Waals surface area contributed by atoms with Gasteiger partial charge < -0.3 is 9.63 Å². The zero-order valence-corrected chi connectivity index (χ0v) is 9.92. The highest BCUT2D eigenvalue weighted by molar-refractivity contribution is 9.10. The Morgan fingerprint density at radius 3 is 2.93 bits per heavy atom. The first-order chi connectivity index (χ1) is 7.22. The van der Waals surface area contributed by atoms with Crippen molar-refractivity contribution in [3.05, 3.63) is 39.5 Å². The number of rotatable bonds is 2. The molecule has 0 bridgehead atoms. The van der Waals surface area contributed by atoms with Crippen LogP contribution >= 0.6 is 27.5 Å². The van der Waals surface area contributed by atoms with E-state index in [1.807, 2.05) is 12.1 Å². The fourth-order valence-corrected chi connectivity index (χ4v) is 1.85. The number of halogens is 2. The van der Waals surface area contributed by atoms with Crippen molar-refractivity contribution in [2.24, 2.45) is 0 Å². The zero-order valence-electron chi connectivity index (χ0n) is 7.58. The summed E-state index contributed by atoms with van der Waals surface area (Å²) in [6.45, 7) is -0.133. The number of nitrogens with zero attached hydrogens (tertiary/aromatic N) is 1. The molecule has 0 unspecified atom stereocenters. The molecule has 0 spiro atoms. The molecule has 2 rings (SSSR count). The number of aliphatic hydroxyl groups excluding tert-OH is 1. The minimum atomic E-state index is -0.133. The molecule has 0 fully saturated rings. The SMILES string of the molecule is OCc1c(Br)noc1-c1cccc(Cl)c1. The second kappa shape index (κ2) is 4.35. The normalized spacial score (nSPS) is 10.6. The van der Waals surface area contributed by atoms with Gasteiger partial charge in [0.05, 0.1) is 12.2 Å². The average Bonchev–Trinajstić information content (AvgIpc) is 2.59. The molecule has 0 saturated heterocycles. The zero-order chi connectivity index (χ0) is 10.8. The number of benzene rings is 1. The first-order valence-corrected chi connectivity index (χ1v) is 5.40. The van der Waals surface area contributed by atoms with Crippen molar-refractivity contribution in [3.63, 3.8) is 0 Å². The lowest BCUT2D eigenvalue weighted by atomic mass is 10.1. The highest BCUT2D eigenvalue weighted by Gasteiger charge is 2.14. The van der Waals surface area contributed by atoms with E-state index >= 15 is 0 Å². The molecule has 1 N–H and O–H groups in total. The molecule has 0 radical (unpaired) electrons. The van der Waals surface area contributed by atoms with E-state index in [0.29, 0.717) is 20.9 Å². The fraction of sp³-hybridized carbons (Fsp3) is 0.100. The van der Waals surface area contributed by atoms with Crippen molar-refractivity contribution in [2.45, 2.75) is 6.61 Å². The molecule has 0 saturated carbocycles. The van der Waals surface area contributed by atoms with E-state index in [9.17, 15) is 0 Å². The molecule has 0 atom stereocenters.